The van der Waals surface area contributed by atoms with Crippen LogP contribution in [-0.2, 0) is 0 Å². The van der Waals surface area contributed by atoms with Gasteiger partial charge in [0.15, 0.2) is 0 Å². The number of benzene rings is 2. The molecule has 0 bridgehead atoms. The van der Waals surface area contributed by atoms with Gasteiger partial charge in [0.2, 0.25) is 0 Å². The van der Waals surface area contributed by atoms with Gasteiger partial charge in [0.1, 0.15) is 0 Å². The summed E-state index contributed by atoms with van der Waals surface area (Å²) in [6.45, 7) is 5.82. The van der Waals surface area contributed by atoms with E-state index in [1.54, 1.807) is 0 Å². The van der Waals surface area contributed by atoms with Gasteiger partial charge in [-0.15, -0.1) is 0 Å². The first kappa shape index (κ1) is 16.5. The van der Waals surface area contributed by atoms with E-state index >= 15 is 0 Å². The second-order valence-electron chi connectivity index (χ2n) is 6.33. The predicted molar refractivity (Wildman–Crippen MR) is 104 cm³/mol. The lowest BCUT2D eigenvalue weighted by atomic mass is 10.0. The first-order valence-electron chi connectivity index (χ1n) is 8.48. The Morgan fingerprint density at radius 3 is 2.09 bits per heavy atom. The Labute approximate surface area is 148 Å². The minimum atomic E-state index is 1.08. The van der Waals surface area contributed by atoms with E-state index < -0.39 is 0 Å². The predicted octanol–water partition coefficient (Wildman–Crippen LogP) is 6.01. The molecule has 2 aromatic carbocycles. The molecular formula is C21H24BrN. The lowest BCUT2D eigenvalue weighted by Crippen LogP contribution is -2.29. The fourth-order valence-electron chi connectivity index (χ4n) is 3.09. The zero-order valence-electron chi connectivity index (χ0n) is 13.8. The molecule has 0 N–H and O–H groups in total. The van der Waals surface area contributed by atoms with E-state index in [9.17, 15) is 0 Å². The van der Waals surface area contributed by atoms with Gasteiger partial charge in [-0.2, -0.15) is 0 Å². The summed E-state index contributed by atoms with van der Waals surface area (Å²) < 4.78 is 1.12. The Balaban J connectivity index is 1.67. The zero-order valence-corrected chi connectivity index (χ0v) is 15.3. The third-order valence-corrected chi connectivity index (χ3v) is 5.15. The number of nitrogens with zero attached hydrogens (tertiary/aromatic N) is 1. The summed E-state index contributed by atoms with van der Waals surface area (Å²) in [6, 6.07) is 17.4. The van der Waals surface area contributed by atoms with Crippen molar-refractivity contribution < 1.29 is 0 Å². The van der Waals surface area contributed by atoms with Crippen molar-refractivity contribution in [2.75, 3.05) is 19.6 Å². The van der Waals surface area contributed by atoms with Crippen molar-refractivity contribution in [2.24, 2.45) is 0 Å². The Hall–Kier alpha value is -1.38. The Bertz CT molecular complexity index is 649. The minimum Gasteiger partial charge on any atom is -0.300 e. The number of allylic oxidation sites excluding steroid dienone is 1. The highest BCUT2D eigenvalue weighted by Crippen LogP contribution is 2.24. The second kappa shape index (κ2) is 7.94. The highest BCUT2D eigenvalue weighted by Gasteiger charge is 2.08. The van der Waals surface area contributed by atoms with Gasteiger partial charge in [0, 0.05) is 11.0 Å². The number of piperidine rings is 1. The molecule has 2 aromatic rings. The lowest BCUT2D eigenvalue weighted by molar-refractivity contribution is 0.251. The van der Waals surface area contributed by atoms with Crippen LogP contribution in [0.4, 0.5) is 0 Å². The van der Waals surface area contributed by atoms with Crippen LogP contribution in [0.15, 0.2) is 59.1 Å². The fourth-order valence-corrected chi connectivity index (χ4v) is 3.36. The van der Waals surface area contributed by atoms with E-state index in [2.05, 4.69) is 82.4 Å². The molecule has 0 aliphatic carbocycles. The standard InChI is InChI=1S/C21H24BrN/c1-17(13-16-23-14-3-2-4-15-23)18-5-7-19(8-6-18)20-9-11-21(22)12-10-20/h5-13H,2-4,14-16H2,1H3/b17-13-. The van der Waals surface area contributed by atoms with Crippen LogP contribution in [0.5, 0.6) is 0 Å². The smallest absolute Gasteiger partial charge is 0.0175 e. The SMILES string of the molecule is C/C(=C/CN1CCCCC1)c1ccc(-c2ccc(Br)cc2)cc1. The molecule has 0 amide bonds. The third-order valence-electron chi connectivity index (χ3n) is 4.62. The first-order chi connectivity index (χ1) is 11.2. The Kier molecular flexibility index (Phi) is 5.69. The van der Waals surface area contributed by atoms with Crippen molar-refractivity contribution in [3.8, 4) is 11.1 Å². The molecule has 0 spiro atoms. The largest absolute Gasteiger partial charge is 0.300 e. The van der Waals surface area contributed by atoms with Crippen molar-refractivity contribution in [1.82, 2.24) is 4.90 Å². The molecule has 1 nitrogen and oxygen atoms in total. The van der Waals surface area contributed by atoms with E-state index in [1.165, 1.54) is 54.6 Å². The molecule has 1 aliphatic rings. The van der Waals surface area contributed by atoms with Crippen LogP contribution in [0.1, 0.15) is 31.7 Å². The van der Waals surface area contributed by atoms with Crippen molar-refractivity contribution >= 4 is 21.5 Å². The molecule has 0 unspecified atom stereocenters. The Morgan fingerprint density at radius 2 is 1.48 bits per heavy atom. The normalized spacial score (nSPS) is 16.5. The van der Waals surface area contributed by atoms with Crippen LogP contribution in [-0.4, -0.2) is 24.5 Å². The summed E-state index contributed by atoms with van der Waals surface area (Å²) in [5.41, 5.74) is 5.22. The number of halogens is 1. The number of hydrogen-bond acceptors (Lipinski definition) is 1. The van der Waals surface area contributed by atoms with Gasteiger partial charge < -0.3 is 0 Å². The average molecular weight is 370 g/mol. The van der Waals surface area contributed by atoms with Gasteiger partial charge in [-0.05, 0) is 67.3 Å². The van der Waals surface area contributed by atoms with Gasteiger partial charge in [-0.1, -0.05) is 64.8 Å². The third kappa shape index (κ3) is 4.55. The van der Waals surface area contributed by atoms with Crippen LogP contribution in [0, 0.1) is 0 Å². The van der Waals surface area contributed by atoms with E-state index in [0.717, 1.165) is 11.0 Å². The summed E-state index contributed by atoms with van der Waals surface area (Å²) in [6.07, 6.45) is 6.49. The summed E-state index contributed by atoms with van der Waals surface area (Å²) in [5.74, 6) is 0. The highest BCUT2D eigenvalue weighted by molar-refractivity contribution is 9.10. The molecular weight excluding hydrogens is 346 g/mol. The average Bonchev–Trinajstić information content (AvgIpc) is 2.61. The van der Waals surface area contributed by atoms with Gasteiger partial charge in [0.05, 0.1) is 0 Å². The van der Waals surface area contributed by atoms with Gasteiger partial charge >= 0.3 is 0 Å². The number of rotatable bonds is 4. The number of hydrogen-bond donors (Lipinski definition) is 0. The molecule has 1 saturated heterocycles. The van der Waals surface area contributed by atoms with E-state index in [0.29, 0.717) is 0 Å². The molecule has 1 heterocycles. The van der Waals surface area contributed by atoms with Crippen molar-refractivity contribution in [1.29, 1.82) is 0 Å². The summed E-state index contributed by atoms with van der Waals surface area (Å²) in [4.78, 5) is 2.56. The molecule has 0 saturated carbocycles. The lowest BCUT2D eigenvalue weighted by Gasteiger charge is -2.25. The van der Waals surface area contributed by atoms with Crippen LogP contribution in [0.25, 0.3) is 16.7 Å². The molecule has 0 aromatic heterocycles. The molecule has 3 rings (SSSR count). The maximum Gasteiger partial charge on any atom is 0.0175 e. The highest BCUT2D eigenvalue weighted by atomic mass is 79.9. The minimum absolute atomic E-state index is 1.08. The van der Waals surface area contributed by atoms with Gasteiger partial charge in [-0.3, -0.25) is 4.90 Å². The van der Waals surface area contributed by atoms with E-state index in [4.69, 9.17) is 0 Å². The molecule has 2 heteroatoms. The number of likely N-dealkylation sites (tertiary alicyclic amines) is 1. The van der Waals surface area contributed by atoms with Crippen molar-refractivity contribution in [3.05, 3.63) is 64.6 Å². The van der Waals surface area contributed by atoms with Crippen molar-refractivity contribution in [2.45, 2.75) is 26.2 Å². The van der Waals surface area contributed by atoms with E-state index in [-0.39, 0.29) is 0 Å². The molecule has 23 heavy (non-hydrogen) atoms. The van der Waals surface area contributed by atoms with Crippen LogP contribution in [0.3, 0.4) is 0 Å². The van der Waals surface area contributed by atoms with Crippen LogP contribution in [0.2, 0.25) is 0 Å². The monoisotopic (exact) mass is 369 g/mol. The Morgan fingerprint density at radius 1 is 0.913 bits per heavy atom. The van der Waals surface area contributed by atoms with Crippen LogP contribution >= 0.6 is 15.9 Å². The maximum atomic E-state index is 3.49. The van der Waals surface area contributed by atoms with E-state index in [1.807, 2.05) is 0 Å². The fraction of sp³-hybridized carbons (Fsp3) is 0.333. The first-order valence-corrected chi connectivity index (χ1v) is 9.27. The second-order valence-corrected chi connectivity index (χ2v) is 7.25. The van der Waals surface area contributed by atoms with Crippen molar-refractivity contribution in [3.63, 3.8) is 0 Å². The molecule has 120 valence electrons. The summed E-state index contributed by atoms with van der Waals surface area (Å²) in [5, 5.41) is 0. The van der Waals surface area contributed by atoms with Gasteiger partial charge in [-0.25, -0.2) is 0 Å². The molecule has 1 aliphatic heterocycles. The zero-order chi connectivity index (χ0) is 16.1. The maximum absolute atomic E-state index is 3.49. The molecule has 0 atom stereocenters. The summed E-state index contributed by atoms with van der Waals surface area (Å²) in [7, 11) is 0. The molecule has 1 fully saturated rings. The van der Waals surface area contributed by atoms with Gasteiger partial charge in [0.25, 0.3) is 0 Å². The van der Waals surface area contributed by atoms with Crippen LogP contribution < -0.4 is 0 Å². The molecule has 0 radical (unpaired) electrons. The summed E-state index contributed by atoms with van der Waals surface area (Å²) >= 11 is 3.49. The topological polar surface area (TPSA) is 3.24 Å². The quantitative estimate of drug-likeness (QED) is 0.638.